The summed E-state index contributed by atoms with van der Waals surface area (Å²) in [5.41, 5.74) is 0. The van der Waals surface area contributed by atoms with Crippen LogP contribution < -0.4 is 5.32 Å². The molecule has 8 heteroatoms. The molecule has 7 nitrogen and oxygen atoms in total. The van der Waals surface area contributed by atoms with Crippen molar-refractivity contribution in [2.75, 3.05) is 18.8 Å². The third kappa shape index (κ3) is 3.55. The maximum absolute atomic E-state index is 13.1. The summed E-state index contributed by atoms with van der Waals surface area (Å²) in [4.78, 5) is 49.1. The van der Waals surface area contributed by atoms with Crippen LogP contribution in [0.1, 0.15) is 39.5 Å². The molecule has 0 radical (unpaired) electrons. The minimum absolute atomic E-state index is 0.0961. The summed E-state index contributed by atoms with van der Waals surface area (Å²) in [7, 11) is 0. The van der Waals surface area contributed by atoms with Crippen LogP contribution in [-0.4, -0.2) is 63.4 Å². The van der Waals surface area contributed by atoms with E-state index in [0.29, 0.717) is 25.8 Å². The zero-order valence-corrected chi connectivity index (χ0v) is 14.9. The zero-order chi connectivity index (χ0) is 17.9. The van der Waals surface area contributed by atoms with Crippen molar-refractivity contribution in [1.29, 1.82) is 0 Å². The van der Waals surface area contributed by atoms with Gasteiger partial charge in [-0.05, 0) is 26.3 Å². The number of hydrogen-bond donors (Lipinski definition) is 2. The summed E-state index contributed by atoms with van der Waals surface area (Å²) < 4.78 is -0.605. The third-order valence-electron chi connectivity index (χ3n) is 4.91. The van der Waals surface area contributed by atoms with Crippen LogP contribution >= 0.6 is 11.8 Å². The Hall–Kier alpha value is -1.25. The van der Waals surface area contributed by atoms with Crippen molar-refractivity contribution in [1.82, 2.24) is 5.32 Å². The van der Waals surface area contributed by atoms with E-state index in [-0.39, 0.29) is 29.2 Å². The Labute approximate surface area is 145 Å². The van der Waals surface area contributed by atoms with E-state index < -0.39 is 28.5 Å². The lowest BCUT2D eigenvalue weighted by Gasteiger charge is -2.36. The Morgan fingerprint density at radius 3 is 2.50 bits per heavy atom. The molecule has 4 atom stereocenters. The third-order valence-corrected chi connectivity index (χ3v) is 5.98. The molecule has 0 aromatic heterocycles. The Kier molecular flexibility index (Phi) is 6.17. The fourth-order valence-corrected chi connectivity index (χ4v) is 4.37. The number of likely N-dealkylation sites (tertiary alicyclic amines) is 1. The summed E-state index contributed by atoms with van der Waals surface area (Å²) in [6, 6.07) is -1.47. The normalized spacial score (nSPS) is 30.9. The second-order valence-corrected chi connectivity index (χ2v) is 7.81. The van der Waals surface area contributed by atoms with Crippen molar-refractivity contribution in [3.05, 3.63) is 0 Å². The van der Waals surface area contributed by atoms with Gasteiger partial charge in [0.05, 0.1) is 12.5 Å². The van der Waals surface area contributed by atoms with Crippen LogP contribution in [0.4, 0.5) is 0 Å². The molecule has 2 heterocycles. The molecule has 2 aliphatic heterocycles. The number of nitrogens with zero attached hydrogens (tertiary/aromatic N) is 1. The molecule has 0 aromatic rings. The molecule has 134 valence electrons. The number of nitrogens with one attached hydrogen (secondary N) is 1. The maximum atomic E-state index is 13.1. The van der Waals surface area contributed by atoms with Gasteiger partial charge in [0.2, 0.25) is 6.04 Å². The first-order valence-electron chi connectivity index (χ1n) is 8.36. The highest BCUT2D eigenvalue weighted by Gasteiger charge is 2.60. The van der Waals surface area contributed by atoms with Gasteiger partial charge in [-0.15, -0.1) is 0 Å². The average molecular weight is 357 g/mol. The highest BCUT2D eigenvalue weighted by Crippen LogP contribution is 2.33. The number of rotatable bonds is 5. The minimum atomic E-state index is -1.10. The van der Waals surface area contributed by atoms with Crippen LogP contribution in [0.2, 0.25) is 0 Å². The summed E-state index contributed by atoms with van der Waals surface area (Å²) in [5, 5.41) is 12.6. The Morgan fingerprint density at radius 2 is 1.96 bits per heavy atom. The number of carboxylic acid groups (broad SMARTS) is 1. The molecule has 0 aromatic carbocycles. The molecule has 2 aliphatic rings. The van der Waals surface area contributed by atoms with Gasteiger partial charge in [-0.1, -0.05) is 11.8 Å². The molecule has 0 saturated carbocycles. The molecule has 2 N–H and O–H groups in total. The molecule has 2 fully saturated rings. The van der Waals surface area contributed by atoms with E-state index in [1.54, 1.807) is 6.92 Å². The number of aliphatic carboxylic acids is 1. The van der Waals surface area contributed by atoms with Gasteiger partial charge in [-0.2, -0.15) is 4.48 Å². The number of carbonyl (C=O) groups is 4. The molecule has 2 rings (SSSR count). The predicted molar refractivity (Wildman–Crippen MR) is 89.1 cm³/mol. The highest BCUT2D eigenvalue weighted by molar-refractivity contribution is 8.13. The van der Waals surface area contributed by atoms with Crippen molar-refractivity contribution in [2.24, 2.45) is 5.92 Å². The van der Waals surface area contributed by atoms with Crippen LogP contribution in [0.25, 0.3) is 0 Å². The van der Waals surface area contributed by atoms with E-state index in [1.165, 1.54) is 6.92 Å². The lowest BCUT2D eigenvalue weighted by atomic mass is 10.0. The van der Waals surface area contributed by atoms with E-state index >= 15 is 0 Å². The SMILES string of the molecule is CC(=O)SCC(C)C(=O)[N+]1(C(=O)[C@@H]2CCCN2)CCC[C@H]1C(=O)O. The summed E-state index contributed by atoms with van der Waals surface area (Å²) in [6.07, 6.45) is 2.34. The first-order chi connectivity index (χ1) is 11.3. The van der Waals surface area contributed by atoms with Crippen molar-refractivity contribution in [3.8, 4) is 0 Å². The smallest absolute Gasteiger partial charge is 0.363 e. The Balaban J connectivity index is 2.31. The lowest BCUT2D eigenvalue weighted by Crippen LogP contribution is -2.67. The van der Waals surface area contributed by atoms with E-state index in [4.69, 9.17) is 0 Å². The van der Waals surface area contributed by atoms with Crippen LogP contribution in [0.5, 0.6) is 0 Å². The number of hydrogen-bond acceptors (Lipinski definition) is 6. The van der Waals surface area contributed by atoms with Gasteiger partial charge < -0.3 is 10.4 Å². The number of carbonyl (C=O) groups excluding carboxylic acids is 3. The van der Waals surface area contributed by atoms with Crippen LogP contribution in [-0.2, 0) is 19.2 Å². The first kappa shape index (κ1) is 19.1. The second-order valence-electron chi connectivity index (χ2n) is 6.62. The average Bonchev–Trinajstić information content (AvgIpc) is 3.20. The van der Waals surface area contributed by atoms with Crippen molar-refractivity contribution in [3.63, 3.8) is 0 Å². The van der Waals surface area contributed by atoms with Crippen LogP contribution in [0.15, 0.2) is 0 Å². The van der Waals surface area contributed by atoms with E-state index in [9.17, 15) is 24.3 Å². The molecule has 2 unspecified atom stereocenters. The summed E-state index contributed by atoms with van der Waals surface area (Å²) >= 11 is 1.03. The molecular formula is C16H25N2O5S+. The number of amides is 2. The van der Waals surface area contributed by atoms with Crippen molar-refractivity contribution < 1.29 is 28.8 Å². The van der Waals surface area contributed by atoms with E-state index in [2.05, 4.69) is 5.32 Å². The number of imide groups is 1. The van der Waals surface area contributed by atoms with Crippen LogP contribution in [0.3, 0.4) is 0 Å². The monoisotopic (exact) mass is 357 g/mol. The zero-order valence-electron chi connectivity index (χ0n) is 14.1. The Morgan fingerprint density at radius 1 is 1.25 bits per heavy atom. The summed E-state index contributed by atoms with van der Waals surface area (Å²) in [6.45, 7) is 4.04. The highest BCUT2D eigenvalue weighted by atomic mass is 32.2. The van der Waals surface area contributed by atoms with Crippen molar-refractivity contribution in [2.45, 2.75) is 51.6 Å². The topological polar surface area (TPSA) is 101 Å². The van der Waals surface area contributed by atoms with Crippen molar-refractivity contribution >= 4 is 34.7 Å². The van der Waals surface area contributed by atoms with Gasteiger partial charge in [0.1, 0.15) is 6.04 Å². The number of thioether (sulfide) groups is 1. The predicted octanol–water partition coefficient (Wildman–Crippen LogP) is 0.771. The lowest BCUT2D eigenvalue weighted by molar-refractivity contribution is -0.785. The molecular weight excluding hydrogens is 332 g/mol. The number of carboxylic acids is 1. The maximum Gasteiger partial charge on any atom is 0.363 e. The standard InChI is InChI=1S/C16H24N2O5S/c1-10(9-24-11(2)19)14(20)18(8-4-6-13(18)16(22)23)15(21)12-5-3-7-17-12/h10,12-13,17H,3-9H2,1-2H3/p+1/t10?,12-,13-,18?/m0/s1. The van der Waals surface area contributed by atoms with Gasteiger partial charge >= 0.3 is 17.8 Å². The minimum Gasteiger partial charge on any atom is -0.477 e. The van der Waals surface area contributed by atoms with Gasteiger partial charge in [-0.3, -0.25) is 4.79 Å². The van der Waals surface area contributed by atoms with E-state index in [0.717, 1.165) is 18.2 Å². The first-order valence-corrected chi connectivity index (χ1v) is 9.35. The van der Waals surface area contributed by atoms with Gasteiger partial charge in [0, 0.05) is 25.5 Å². The largest absolute Gasteiger partial charge is 0.477 e. The fraction of sp³-hybridized carbons (Fsp3) is 0.750. The molecule has 2 saturated heterocycles. The van der Waals surface area contributed by atoms with Crippen LogP contribution in [0, 0.1) is 5.92 Å². The molecule has 24 heavy (non-hydrogen) atoms. The van der Waals surface area contributed by atoms with Gasteiger partial charge in [0.15, 0.2) is 5.12 Å². The fourth-order valence-electron chi connectivity index (χ4n) is 3.74. The Bertz CT molecular complexity index is 547. The molecule has 2 amide bonds. The molecule has 0 aliphatic carbocycles. The van der Waals surface area contributed by atoms with Gasteiger partial charge in [0.25, 0.3) is 0 Å². The molecule has 0 spiro atoms. The van der Waals surface area contributed by atoms with E-state index in [1.807, 2.05) is 0 Å². The number of quaternary nitrogens is 1. The molecule has 0 bridgehead atoms. The quantitative estimate of drug-likeness (QED) is 0.701. The van der Waals surface area contributed by atoms with Gasteiger partial charge in [-0.25, -0.2) is 14.4 Å². The summed E-state index contributed by atoms with van der Waals surface area (Å²) in [5.74, 6) is -2.07. The second kappa shape index (κ2) is 7.76.